The van der Waals surface area contributed by atoms with E-state index in [1.165, 1.54) is 4.90 Å². The summed E-state index contributed by atoms with van der Waals surface area (Å²) in [4.78, 5) is 44.6. The number of sulfone groups is 1. The maximum absolute atomic E-state index is 13.2. The number of ether oxygens (including phenoxy) is 1. The zero-order chi connectivity index (χ0) is 26.4. The van der Waals surface area contributed by atoms with Gasteiger partial charge in [0.05, 0.1) is 17.5 Å². The number of carbonyl (C=O) groups is 3. The first kappa shape index (κ1) is 26.3. The Morgan fingerprint density at radius 3 is 2.41 bits per heavy atom. The molecule has 2 amide bonds. The summed E-state index contributed by atoms with van der Waals surface area (Å²) in [5.41, 5.74) is 1.47. The fourth-order valence-electron chi connectivity index (χ4n) is 4.12. The van der Waals surface area contributed by atoms with E-state index in [4.69, 9.17) is 9.15 Å². The SMILES string of the molecule is CCC(NC(=O)C(CS(=O)(=O)Cc1ccccc1)OC(=O)N1CCCC1)C(=O)c1nc2ccccc2o1. The Labute approximate surface area is 214 Å². The van der Waals surface area contributed by atoms with Crippen molar-refractivity contribution >= 4 is 38.7 Å². The number of nitrogens with one attached hydrogen (secondary N) is 1. The normalized spacial score (nSPS) is 15.3. The molecular weight excluding hydrogens is 498 g/mol. The minimum atomic E-state index is -3.85. The number of nitrogens with zero attached hydrogens (tertiary/aromatic N) is 2. The second-order valence-corrected chi connectivity index (χ2v) is 11.0. The molecule has 196 valence electrons. The highest BCUT2D eigenvalue weighted by atomic mass is 32.2. The van der Waals surface area contributed by atoms with Gasteiger partial charge in [0.15, 0.2) is 21.5 Å². The van der Waals surface area contributed by atoms with E-state index in [-0.39, 0.29) is 18.1 Å². The summed E-state index contributed by atoms with van der Waals surface area (Å²) in [6.45, 7) is 2.62. The first-order valence-electron chi connectivity index (χ1n) is 12.2. The Kier molecular flexibility index (Phi) is 8.22. The van der Waals surface area contributed by atoms with Gasteiger partial charge in [0.2, 0.25) is 5.78 Å². The van der Waals surface area contributed by atoms with Crippen LogP contribution in [0.25, 0.3) is 11.1 Å². The van der Waals surface area contributed by atoms with Crippen LogP contribution in [-0.4, -0.2) is 67.1 Å². The number of hydrogen-bond acceptors (Lipinski definition) is 8. The Morgan fingerprint density at radius 2 is 1.73 bits per heavy atom. The molecule has 0 saturated carbocycles. The summed E-state index contributed by atoms with van der Waals surface area (Å²) < 4.78 is 36.8. The number of fused-ring (bicyclic) bond motifs is 1. The third-order valence-corrected chi connectivity index (χ3v) is 7.66. The molecule has 2 aromatic carbocycles. The van der Waals surface area contributed by atoms with Gasteiger partial charge < -0.3 is 19.4 Å². The minimum absolute atomic E-state index is 0.171. The van der Waals surface area contributed by atoms with E-state index in [2.05, 4.69) is 10.3 Å². The number of oxazole rings is 1. The van der Waals surface area contributed by atoms with Crippen molar-refractivity contribution in [3.63, 3.8) is 0 Å². The van der Waals surface area contributed by atoms with Crippen molar-refractivity contribution in [1.29, 1.82) is 0 Å². The highest BCUT2D eigenvalue weighted by Gasteiger charge is 2.34. The van der Waals surface area contributed by atoms with Crippen LogP contribution < -0.4 is 5.32 Å². The van der Waals surface area contributed by atoms with Gasteiger partial charge in [-0.2, -0.15) is 0 Å². The maximum Gasteiger partial charge on any atom is 0.410 e. The lowest BCUT2D eigenvalue weighted by atomic mass is 10.1. The fraction of sp³-hybridized carbons (Fsp3) is 0.385. The van der Waals surface area contributed by atoms with Gasteiger partial charge in [-0.1, -0.05) is 49.4 Å². The molecule has 2 heterocycles. The van der Waals surface area contributed by atoms with Crippen molar-refractivity contribution in [2.75, 3.05) is 18.8 Å². The molecular formula is C26H29N3O7S. The van der Waals surface area contributed by atoms with Crippen LogP contribution in [0.4, 0.5) is 4.79 Å². The number of para-hydroxylation sites is 2. The van der Waals surface area contributed by atoms with E-state index >= 15 is 0 Å². The third kappa shape index (κ3) is 6.73. The zero-order valence-corrected chi connectivity index (χ0v) is 21.3. The van der Waals surface area contributed by atoms with Gasteiger partial charge in [-0.25, -0.2) is 18.2 Å². The number of benzene rings is 2. The van der Waals surface area contributed by atoms with Crippen molar-refractivity contribution in [3.8, 4) is 0 Å². The quantitative estimate of drug-likeness (QED) is 0.397. The lowest BCUT2D eigenvalue weighted by Gasteiger charge is -2.23. The van der Waals surface area contributed by atoms with Crippen molar-refractivity contribution in [2.45, 2.75) is 44.1 Å². The molecule has 0 bridgehead atoms. The summed E-state index contributed by atoms with van der Waals surface area (Å²) in [6.07, 6.45) is -0.602. The molecule has 4 rings (SSSR count). The van der Waals surface area contributed by atoms with Gasteiger partial charge in [0.1, 0.15) is 5.52 Å². The summed E-state index contributed by atoms with van der Waals surface area (Å²) in [5, 5.41) is 2.54. The van der Waals surface area contributed by atoms with Crippen LogP contribution in [0.3, 0.4) is 0 Å². The van der Waals surface area contributed by atoms with Crippen molar-refractivity contribution in [1.82, 2.24) is 15.2 Å². The minimum Gasteiger partial charge on any atom is -0.435 e. The molecule has 1 saturated heterocycles. The average molecular weight is 528 g/mol. The third-order valence-electron chi connectivity index (χ3n) is 6.08. The monoisotopic (exact) mass is 527 g/mol. The fourth-order valence-corrected chi connectivity index (χ4v) is 5.62. The van der Waals surface area contributed by atoms with Gasteiger partial charge in [-0.15, -0.1) is 0 Å². The average Bonchev–Trinajstić information content (AvgIpc) is 3.57. The number of likely N-dealkylation sites (tertiary alicyclic amines) is 1. The molecule has 2 atom stereocenters. The number of carbonyl (C=O) groups excluding carboxylic acids is 3. The molecule has 1 N–H and O–H groups in total. The molecule has 0 radical (unpaired) electrons. The van der Waals surface area contributed by atoms with Crippen LogP contribution in [0.15, 0.2) is 59.0 Å². The molecule has 1 aliphatic heterocycles. The number of amides is 2. The lowest BCUT2D eigenvalue weighted by molar-refractivity contribution is -0.129. The number of hydrogen-bond donors (Lipinski definition) is 1. The Balaban J connectivity index is 1.51. The maximum atomic E-state index is 13.2. The van der Waals surface area contributed by atoms with Crippen LogP contribution >= 0.6 is 0 Å². The predicted molar refractivity (Wildman–Crippen MR) is 136 cm³/mol. The van der Waals surface area contributed by atoms with Crippen LogP contribution in [0.1, 0.15) is 42.4 Å². The van der Waals surface area contributed by atoms with Crippen molar-refractivity contribution in [2.24, 2.45) is 0 Å². The molecule has 0 aliphatic carbocycles. The molecule has 2 unspecified atom stereocenters. The highest BCUT2D eigenvalue weighted by Crippen LogP contribution is 2.18. The summed E-state index contributed by atoms with van der Waals surface area (Å²) in [6, 6.07) is 14.3. The number of Topliss-reactive ketones (excluding diaryl/α,β-unsaturated/α-hetero) is 1. The Morgan fingerprint density at radius 1 is 1.05 bits per heavy atom. The first-order valence-corrected chi connectivity index (χ1v) is 14.0. The molecule has 1 fully saturated rings. The van der Waals surface area contributed by atoms with Crippen LogP contribution in [0, 0.1) is 0 Å². The standard InChI is InChI=1S/C26H29N3O7S/c1-2-19(23(30)25-28-20-12-6-7-13-21(20)35-25)27-24(31)22(36-26(32)29-14-8-9-15-29)17-37(33,34)16-18-10-4-3-5-11-18/h3-7,10-13,19,22H,2,8-9,14-17H2,1H3,(H,27,31). The second-order valence-electron chi connectivity index (χ2n) is 8.93. The van der Waals surface area contributed by atoms with E-state index in [1.807, 2.05) is 0 Å². The van der Waals surface area contributed by atoms with Crippen LogP contribution in [0.5, 0.6) is 0 Å². The highest BCUT2D eigenvalue weighted by molar-refractivity contribution is 7.90. The van der Waals surface area contributed by atoms with Gasteiger partial charge in [0, 0.05) is 13.1 Å². The smallest absolute Gasteiger partial charge is 0.410 e. The largest absolute Gasteiger partial charge is 0.435 e. The van der Waals surface area contributed by atoms with Gasteiger partial charge in [0.25, 0.3) is 11.8 Å². The summed E-state index contributed by atoms with van der Waals surface area (Å²) >= 11 is 0. The van der Waals surface area contributed by atoms with Crippen molar-refractivity contribution in [3.05, 3.63) is 66.1 Å². The zero-order valence-electron chi connectivity index (χ0n) is 20.5. The molecule has 1 aliphatic rings. The van der Waals surface area contributed by atoms with Gasteiger partial charge >= 0.3 is 6.09 Å². The van der Waals surface area contributed by atoms with E-state index in [9.17, 15) is 22.8 Å². The summed E-state index contributed by atoms with van der Waals surface area (Å²) in [7, 11) is -3.85. The van der Waals surface area contributed by atoms with E-state index < -0.39 is 45.5 Å². The molecule has 3 aromatic rings. The Bertz CT molecular complexity index is 1330. The topological polar surface area (TPSA) is 136 Å². The molecule has 37 heavy (non-hydrogen) atoms. The number of ketones is 1. The Hall–Kier alpha value is -3.73. The number of rotatable bonds is 10. The van der Waals surface area contributed by atoms with E-state index in [0.29, 0.717) is 29.8 Å². The number of aromatic nitrogens is 1. The summed E-state index contributed by atoms with van der Waals surface area (Å²) in [5.74, 6) is -2.65. The van der Waals surface area contributed by atoms with Crippen molar-refractivity contribution < 1.29 is 32.0 Å². The molecule has 1 aromatic heterocycles. The second kappa shape index (κ2) is 11.5. The predicted octanol–water partition coefficient (Wildman–Crippen LogP) is 3.12. The lowest BCUT2D eigenvalue weighted by Crippen LogP contribution is -2.49. The van der Waals surface area contributed by atoms with Gasteiger partial charge in [-0.3, -0.25) is 9.59 Å². The molecule has 10 nitrogen and oxygen atoms in total. The van der Waals surface area contributed by atoms with E-state index in [0.717, 1.165) is 12.8 Å². The van der Waals surface area contributed by atoms with E-state index in [1.54, 1.807) is 61.5 Å². The first-order chi connectivity index (χ1) is 17.8. The van der Waals surface area contributed by atoms with Crippen LogP contribution in [0.2, 0.25) is 0 Å². The van der Waals surface area contributed by atoms with Gasteiger partial charge in [-0.05, 0) is 37.0 Å². The molecule has 11 heteroatoms. The van der Waals surface area contributed by atoms with Crippen LogP contribution in [-0.2, 0) is 25.1 Å². The molecule has 0 spiro atoms.